The normalized spacial score (nSPS) is 27.1. The summed E-state index contributed by atoms with van der Waals surface area (Å²) < 4.78 is 39.2. The number of nitrogens with one attached hydrogen (secondary N) is 3. The molecule has 2 spiro atoms. The molecule has 0 aromatic rings. The number of nitriles is 1. The minimum absolute atomic E-state index is 0.131. The van der Waals surface area contributed by atoms with Gasteiger partial charge in [0.2, 0.25) is 17.7 Å². The first-order valence-electron chi connectivity index (χ1n) is 13.3. The number of amides is 4. The van der Waals surface area contributed by atoms with Crippen molar-refractivity contribution in [2.45, 2.75) is 108 Å². The Morgan fingerprint density at radius 1 is 1.11 bits per heavy atom. The molecule has 2 saturated carbocycles. The van der Waals surface area contributed by atoms with E-state index in [1.54, 1.807) is 20.8 Å². The molecule has 0 aromatic carbocycles. The predicted octanol–water partition coefficient (Wildman–Crippen LogP) is 2.31. The molecule has 4 atom stereocenters. The van der Waals surface area contributed by atoms with Crippen LogP contribution in [0, 0.1) is 28.1 Å². The van der Waals surface area contributed by atoms with Gasteiger partial charge in [0.25, 0.3) is 0 Å². The van der Waals surface area contributed by atoms with Crippen LogP contribution in [0.15, 0.2) is 0 Å². The van der Waals surface area contributed by atoms with Crippen molar-refractivity contribution in [1.29, 1.82) is 5.26 Å². The van der Waals surface area contributed by atoms with Crippen LogP contribution in [0.4, 0.5) is 13.2 Å². The van der Waals surface area contributed by atoms with Crippen LogP contribution in [0.3, 0.4) is 0 Å². The topological polar surface area (TPSA) is 131 Å². The van der Waals surface area contributed by atoms with Crippen molar-refractivity contribution in [3.05, 3.63) is 0 Å². The highest BCUT2D eigenvalue weighted by atomic mass is 19.4. The fourth-order valence-electron chi connectivity index (χ4n) is 6.38. The quantitative estimate of drug-likeness (QED) is 0.477. The summed E-state index contributed by atoms with van der Waals surface area (Å²) in [5.74, 6) is -4.06. The Balaban J connectivity index is 1.52. The number of hydrogen-bond acceptors (Lipinski definition) is 5. The van der Waals surface area contributed by atoms with Gasteiger partial charge in [-0.15, -0.1) is 0 Å². The molecular formula is C26H36F3N5O4. The third kappa shape index (κ3) is 5.76. The molecule has 2 aliphatic heterocycles. The van der Waals surface area contributed by atoms with E-state index in [-0.39, 0.29) is 29.8 Å². The molecule has 4 amide bonds. The Labute approximate surface area is 220 Å². The summed E-state index contributed by atoms with van der Waals surface area (Å²) in [6, 6.07) is -1.40. The number of carbonyl (C=O) groups is 4. The Kier molecular flexibility index (Phi) is 7.21. The summed E-state index contributed by atoms with van der Waals surface area (Å²) in [7, 11) is 0. The summed E-state index contributed by atoms with van der Waals surface area (Å²) in [4.78, 5) is 52.6. The molecule has 4 aliphatic rings. The monoisotopic (exact) mass is 539 g/mol. The molecule has 38 heavy (non-hydrogen) atoms. The second-order valence-corrected chi connectivity index (χ2v) is 12.8. The van der Waals surface area contributed by atoms with Crippen LogP contribution in [0.5, 0.6) is 0 Å². The second-order valence-electron chi connectivity index (χ2n) is 12.8. The fraction of sp³-hybridized carbons (Fsp3) is 0.808. The van der Waals surface area contributed by atoms with Crippen LogP contribution in [-0.2, 0) is 19.2 Å². The molecule has 4 fully saturated rings. The Morgan fingerprint density at radius 3 is 2.24 bits per heavy atom. The smallest absolute Gasteiger partial charge is 0.350 e. The number of halogens is 3. The number of carbonyl (C=O) groups excluding carboxylic acids is 4. The van der Waals surface area contributed by atoms with Crippen molar-refractivity contribution in [2.24, 2.45) is 16.7 Å². The highest BCUT2D eigenvalue weighted by Gasteiger charge is 2.54. The third-order valence-electron chi connectivity index (χ3n) is 8.65. The van der Waals surface area contributed by atoms with E-state index < -0.39 is 53.4 Å². The van der Waals surface area contributed by atoms with Crippen molar-refractivity contribution < 1.29 is 32.3 Å². The minimum atomic E-state index is -5.16. The summed E-state index contributed by atoms with van der Waals surface area (Å²) in [6.07, 6.45) is 1.14. The maximum absolute atomic E-state index is 13.7. The van der Waals surface area contributed by atoms with E-state index >= 15 is 0 Å². The lowest BCUT2D eigenvalue weighted by Gasteiger charge is -2.36. The van der Waals surface area contributed by atoms with Crippen LogP contribution in [0.1, 0.15) is 78.6 Å². The number of hydrogen-bond donors (Lipinski definition) is 3. The lowest BCUT2D eigenvalue weighted by Crippen LogP contribution is -2.59. The van der Waals surface area contributed by atoms with Gasteiger partial charge in [0.1, 0.15) is 18.1 Å². The average molecular weight is 540 g/mol. The van der Waals surface area contributed by atoms with Gasteiger partial charge in [-0.3, -0.25) is 19.2 Å². The molecule has 3 N–H and O–H groups in total. The van der Waals surface area contributed by atoms with Crippen LogP contribution >= 0.6 is 0 Å². The SMILES string of the molecule is CC(C)(C)[C@H](NC(=O)C(F)(F)F)C(=O)N1CC2(CCCC2)C[C@H]1C(=O)N[C@H](C#N)C[C@@H]1CC2(CC2)NC1=O. The maximum atomic E-state index is 13.7. The summed E-state index contributed by atoms with van der Waals surface area (Å²) >= 11 is 0. The Bertz CT molecular complexity index is 1040. The van der Waals surface area contributed by atoms with E-state index in [9.17, 15) is 37.6 Å². The molecule has 9 nitrogen and oxygen atoms in total. The van der Waals surface area contributed by atoms with E-state index in [2.05, 4.69) is 10.6 Å². The largest absolute Gasteiger partial charge is 0.471 e. The van der Waals surface area contributed by atoms with Gasteiger partial charge in [-0.05, 0) is 55.8 Å². The molecule has 2 aliphatic carbocycles. The van der Waals surface area contributed by atoms with E-state index in [4.69, 9.17) is 0 Å². The lowest BCUT2D eigenvalue weighted by molar-refractivity contribution is -0.176. The van der Waals surface area contributed by atoms with Crippen molar-refractivity contribution in [3.8, 4) is 6.07 Å². The lowest BCUT2D eigenvalue weighted by atomic mass is 9.83. The Hall–Kier alpha value is -2.84. The molecule has 2 saturated heterocycles. The predicted molar refractivity (Wildman–Crippen MR) is 129 cm³/mol. The number of likely N-dealkylation sites (tertiary alicyclic amines) is 1. The van der Waals surface area contributed by atoms with Crippen LogP contribution in [0.2, 0.25) is 0 Å². The molecule has 12 heteroatoms. The summed E-state index contributed by atoms with van der Waals surface area (Å²) in [5.41, 5.74) is -1.56. The Morgan fingerprint density at radius 2 is 1.74 bits per heavy atom. The van der Waals surface area contributed by atoms with Crippen LogP contribution in [0.25, 0.3) is 0 Å². The molecule has 0 radical (unpaired) electrons. The van der Waals surface area contributed by atoms with Crippen LogP contribution < -0.4 is 16.0 Å². The maximum Gasteiger partial charge on any atom is 0.471 e. The molecule has 0 aromatic heterocycles. The fourth-order valence-corrected chi connectivity index (χ4v) is 6.38. The molecule has 0 bridgehead atoms. The van der Waals surface area contributed by atoms with Gasteiger partial charge in [0.15, 0.2) is 0 Å². The first-order chi connectivity index (χ1) is 17.6. The van der Waals surface area contributed by atoms with Gasteiger partial charge in [0, 0.05) is 18.0 Å². The first-order valence-corrected chi connectivity index (χ1v) is 13.3. The molecular weight excluding hydrogens is 503 g/mol. The molecule has 4 rings (SSSR count). The van der Waals surface area contributed by atoms with Gasteiger partial charge in [0.05, 0.1) is 6.07 Å². The molecule has 2 heterocycles. The standard InChI is InChI=1S/C26H36F3N5O4/c1-23(2,3)18(32-22(38)26(27,28)29)21(37)34-14-24(6-4-5-7-24)12-17(34)20(36)31-16(13-30)10-15-11-25(8-9-25)33-19(15)35/h15-18H,4-12,14H2,1-3H3,(H,31,36)(H,32,38)(H,33,35)/t15-,16+,17+,18-/m1/s1. The zero-order valence-corrected chi connectivity index (χ0v) is 22.0. The van der Waals surface area contributed by atoms with Crippen molar-refractivity contribution >= 4 is 23.6 Å². The third-order valence-corrected chi connectivity index (χ3v) is 8.65. The van der Waals surface area contributed by atoms with Gasteiger partial charge in [-0.2, -0.15) is 18.4 Å². The number of nitrogens with zero attached hydrogens (tertiary/aromatic N) is 2. The summed E-state index contributed by atoms with van der Waals surface area (Å²) in [5, 5.41) is 17.2. The highest BCUT2D eigenvalue weighted by Crippen LogP contribution is 2.49. The first kappa shape index (κ1) is 28.2. The molecule has 210 valence electrons. The van der Waals surface area contributed by atoms with E-state index in [0.29, 0.717) is 12.8 Å². The van der Waals surface area contributed by atoms with E-state index in [0.717, 1.165) is 38.5 Å². The van der Waals surface area contributed by atoms with Crippen molar-refractivity contribution in [1.82, 2.24) is 20.9 Å². The molecule has 0 unspecified atom stereocenters. The van der Waals surface area contributed by atoms with E-state index in [1.165, 1.54) is 4.90 Å². The minimum Gasteiger partial charge on any atom is -0.350 e. The highest BCUT2D eigenvalue weighted by molar-refractivity contribution is 5.94. The van der Waals surface area contributed by atoms with Crippen molar-refractivity contribution in [3.63, 3.8) is 0 Å². The second kappa shape index (κ2) is 9.72. The zero-order chi connectivity index (χ0) is 28.1. The van der Waals surface area contributed by atoms with Gasteiger partial charge < -0.3 is 20.9 Å². The van der Waals surface area contributed by atoms with Crippen LogP contribution in [-0.4, -0.2) is 64.9 Å². The summed E-state index contributed by atoms with van der Waals surface area (Å²) in [6.45, 7) is 4.85. The number of alkyl halides is 3. The van der Waals surface area contributed by atoms with Gasteiger partial charge in [-0.1, -0.05) is 33.6 Å². The average Bonchev–Trinajstić information content (AvgIpc) is 3.15. The van der Waals surface area contributed by atoms with E-state index in [1.807, 2.05) is 11.4 Å². The zero-order valence-electron chi connectivity index (χ0n) is 22.0. The van der Waals surface area contributed by atoms with Gasteiger partial charge in [-0.25, -0.2) is 0 Å². The number of rotatable bonds is 6. The van der Waals surface area contributed by atoms with Gasteiger partial charge >= 0.3 is 12.1 Å². The van der Waals surface area contributed by atoms with Crippen molar-refractivity contribution in [2.75, 3.05) is 6.54 Å².